The van der Waals surface area contributed by atoms with Gasteiger partial charge in [-0.2, -0.15) is 0 Å². The minimum Gasteiger partial charge on any atom is -0.507 e. The highest BCUT2D eigenvalue weighted by molar-refractivity contribution is 7.14. The third-order valence-electron chi connectivity index (χ3n) is 4.84. The van der Waals surface area contributed by atoms with E-state index in [2.05, 4.69) is 4.98 Å². The van der Waals surface area contributed by atoms with Crippen molar-refractivity contribution in [3.63, 3.8) is 0 Å². The van der Waals surface area contributed by atoms with Crippen LogP contribution in [-0.4, -0.2) is 28.4 Å². The predicted molar refractivity (Wildman–Crippen MR) is 116 cm³/mol. The molecule has 0 saturated carbocycles. The molecule has 0 spiro atoms. The van der Waals surface area contributed by atoms with Crippen LogP contribution in [0.5, 0.6) is 5.75 Å². The van der Waals surface area contributed by atoms with Crippen LogP contribution >= 0.6 is 11.3 Å². The first kappa shape index (κ1) is 20.7. The zero-order valence-electron chi connectivity index (χ0n) is 16.6. The van der Waals surface area contributed by atoms with Crippen molar-refractivity contribution >= 4 is 33.9 Å². The van der Waals surface area contributed by atoms with Crippen molar-refractivity contribution in [2.45, 2.75) is 19.4 Å². The van der Waals surface area contributed by atoms with Gasteiger partial charge in [-0.1, -0.05) is 31.2 Å². The van der Waals surface area contributed by atoms with Gasteiger partial charge in [-0.25, -0.2) is 9.37 Å². The normalized spacial score (nSPS) is 17.9. The number of hydrogen-bond donors (Lipinski definition) is 1. The fourth-order valence-corrected chi connectivity index (χ4v) is 4.10. The van der Waals surface area contributed by atoms with E-state index >= 15 is 0 Å². The smallest absolute Gasteiger partial charge is 0.301 e. The molecule has 6 nitrogen and oxygen atoms in total. The standard InChI is InChI=1S/C23H19FN2O4S/c1-2-11-30-17-5-3-4-15(13-17)20(27)18-19(14-6-8-16(24)9-7-14)26(22(29)21(18)28)23-25-10-12-31-23/h3-10,12-13,19,27H,2,11H2,1H3/b20-18+. The van der Waals surface area contributed by atoms with E-state index in [4.69, 9.17) is 4.74 Å². The van der Waals surface area contributed by atoms with Gasteiger partial charge in [0.15, 0.2) is 5.13 Å². The zero-order valence-corrected chi connectivity index (χ0v) is 17.4. The van der Waals surface area contributed by atoms with Crippen LogP contribution in [0.2, 0.25) is 0 Å². The van der Waals surface area contributed by atoms with E-state index < -0.39 is 23.5 Å². The van der Waals surface area contributed by atoms with E-state index in [1.54, 1.807) is 29.6 Å². The number of ketones is 1. The van der Waals surface area contributed by atoms with Crippen molar-refractivity contribution in [1.29, 1.82) is 0 Å². The highest BCUT2D eigenvalue weighted by atomic mass is 32.1. The first-order chi connectivity index (χ1) is 15.0. The first-order valence-electron chi connectivity index (χ1n) is 9.70. The van der Waals surface area contributed by atoms with Crippen LogP contribution in [0.1, 0.15) is 30.5 Å². The molecule has 158 valence electrons. The van der Waals surface area contributed by atoms with Gasteiger partial charge in [0.05, 0.1) is 18.2 Å². The molecular weight excluding hydrogens is 419 g/mol. The summed E-state index contributed by atoms with van der Waals surface area (Å²) in [5.41, 5.74) is 0.744. The number of aliphatic hydroxyl groups is 1. The van der Waals surface area contributed by atoms with Gasteiger partial charge >= 0.3 is 5.91 Å². The number of amides is 1. The van der Waals surface area contributed by atoms with E-state index in [0.717, 1.165) is 6.42 Å². The highest BCUT2D eigenvalue weighted by Crippen LogP contribution is 2.42. The average molecular weight is 438 g/mol. The number of thiazole rings is 1. The molecule has 1 unspecified atom stereocenters. The topological polar surface area (TPSA) is 79.7 Å². The number of ether oxygens (including phenoxy) is 1. The summed E-state index contributed by atoms with van der Waals surface area (Å²) in [5.74, 6) is -1.87. The molecule has 8 heteroatoms. The molecule has 1 atom stereocenters. The van der Waals surface area contributed by atoms with Crippen LogP contribution < -0.4 is 9.64 Å². The molecule has 1 aliphatic heterocycles. The Labute approximate surface area is 182 Å². The second-order valence-electron chi connectivity index (χ2n) is 6.91. The number of aliphatic hydroxyl groups excluding tert-OH is 1. The van der Waals surface area contributed by atoms with Gasteiger partial charge in [-0.05, 0) is 36.2 Å². The van der Waals surface area contributed by atoms with Gasteiger partial charge in [0.1, 0.15) is 17.3 Å². The van der Waals surface area contributed by atoms with Gasteiger partial charge in [0, 0.05) is 17.1 Å². The Bertz CT molecular complexity index is 1140. The Kier molecular flexibility index (Phi) is 5.81. The SMILES string of the molecule is CCCOc1cccc(/C(O)=C2\C(=O)C(=O)N(c3nccs3)C2c2ccc(F)cc2)c1. The van der Waals surface area contributed by atoms with Crippen molar-refractivity contribution in [3.05, 3.63) is 82.6 Å². The third-order valence-corrected chi connectivity index (χ3v) is 5.61. The van der Waals surface area contributed by atoms with E-state index in [1.807, 2.05) is 6.92 Å². The third kappa shape index (κ3) is 3.94. The Hall–Kier alpha value is -3.52. The van der Waals surface area contributed by atoms with Crippen molar-refractivity contribution in [3.8, 4) is 5.75 Å². The number of carbonyl (C=O) groups excluding carboxylic acids is 2. The number of nitrogens with zero attached hydrogens (tertiary/aromatic N) is 2. The fourth-order valence-electron chi connectivity index (χ4n) is 3.43. The maximum Gasteiger partial charge on any atom is 0.301 e. The fraction of sp³-hybridized carbons (Fsp3) is 0.174. The molecular formula is C23H19FN2O4S. The summed E-state index contributed by atoms with van der Waals surface area (Å²) in [5, 5.41) is 13.1. The molecule has 4 rings (SSSR count). The quantitative estimate of drug-likeness (QED) is 0.343. The van der Waals surface area contributed by atoms with E-state index in [-0.39, 0.29) is 11.3 Å². The lowest BCUT2D eigenvalue weighted by Gasteiger charge is -2.23. The van der Waals surface area contributed by atoms with Gasteiger partial charge < -0.3 is 9.84 Å². The molecule has 1 saturated heterocycles. The molecule has 2 heterocycles. The number of hydrogen-bond acceptors (Lipinski definition) is 6. The van der Waals surface area contributed by atoms with Crippen molar-refractivity contribution in [2.75, 3.05) is 11.5 Å². The van der Waals surface area contributed by atoms with Crippen LogP contribution in [-0.2, 0) is 9.59 Å². The summed E-state index contributed by atoms with van der Waals surface area (Å²) in [6, 6.07) is 11.2. The molecule has 1 N–H and O–H groups in total. The lowest BCUT2D eigenvalue weighted by molar-refractivity contribution is -0.132. The molecule has 3 aromatic rings. The van der Waals surface area contributed by atoms with E-state index in [9.17, 15) is 19.1 Å². The van der Waals surface area contributed by atoms with E-state index in [0.29, 0.717) is 28.6 Å². The summed E-state index contributed by atoms with van der Waals surface area (Å²) in [7, 11) is 0. The molecule has 1 amide bonds. The maximum absolute atomic E-state index is 13.5. The minimum atomic E-state index is -0.938. The largest absolute Gasteiger partial charge is 0.507 e. The highest BCUT2D eigenvalue weighted by Gasteiger charge is 2.47. The Morgan fingerprint density at radius 2 is 2.00 bits per heavy atom. The van der Waals surface area contributed by atoms with Crippen LogP contribution in [0, 0.1) is 5.82 Å². The molecule has 2 aromatic carbocycles. The van der Waals surface area contributed by atoms with Gasteiger partial charge in [0.2, 0.25) is 0 Å². The van der Waals surface area contributed by atoms with Gasteiger partial charge in [-0.15, -0.1) is 11.3 Å². The second kappa shape index (κ2) is 8.69. The number of halogens is 1. The number of aromatic nitrogens is 1. The molecule has 0 radical (unpaired) electrons. The molecule has 1 aliphatic rings. The van der Waals surface area contributed by atoms with Crippen molar-refractivity contribution < 1.29 is 23.8 Å². The second-order valence-corrected chi connectivity index (χ2v) is 7.78. The molecule has 1 fully saturated rings. The molecule has 1 aromatic heterocycles. The number of anilines is 1. The number of Topliss-reactive ketones (excluding diaryl/α,β-unsaturated/α-hetero) is 1. The Balaban J connectivity index is 1.86. The van der Waals surface area contributed by atoms with E-state index in [1.165, 1.54) is 46.7 Å². The van der Waals surface area contributed by atoms with Gasteiger partial charge in [0.25, 0.3) is 5.78 Å². The van der Waals surface area contributed by atoms with Crippen LogP contribution in [0.25, 0.3) is 5.76 Å². The van der Waals surface area contributed by atoms with Crippen LogP contribution in [0.15, 0.2) is 65.7 Å². The predicted octanol–water partition coefficient (Wildman–Crippen LogP) is 4.70. The van der Waals surface area contributed by atoms with Crippen LogP contribution in [0.3, 0.4) is 0 Å². The minimum absolute atomic E-state index is 0.0838. The lowest BCUT2D eigenvalue weighted by atomic mass is 9.95. The number of rotatable bonds is 6. The van der Waals surface area contributed by atoms with Crippen LogP contribution in [0.4, 0.5) is 9.52 Å². The summed E-state index contributed by atoms with van der Waals surface area (Å²) >= 11 is 1.19. The Morgan fingerprint density at radius 3 is 2.68 bits per heavy atom. The summed E-state index contributed by atoms with van der Waals surface area (Å²) in [6.45, 7) is 2.49. The summed E-state index contributed by atoms with van der Waals surface area (Å²) < 4.78 is 19.1. The number of benzene rings is 2. The average Bonchev–Trinajstić information content (AvgIpc) is 3.39. The van der Waals surface area contributed by atoms with Gasteiger partial charge in [-0.3, -0.25) is 14.5 Å². The first-order valence-corrected chi connectivity index (χ1v) is 10.6. The maximum atomic E-state index is 13.5. The monoisotopic (exact) mass is 438 g/mol. The number of carbonyl (C=O) groups is 2. The lowest BCUT2D eigenvalue weighted by Crippen LogP contribution is -2.29. The Morgan fingerprint density at radius 1 is 1.23 bits per heavy atom. The molecule has 31 heavy (non-hydrogen) atoms. The summed E-state index contributed by atoms with van der Waals surface area (Å²) in [4.78, 5) is 31.3. The van der Waals surface area contributed by atoms with Crippen molar-refractivity contribution in [1.82, 2.24) is 4.98 Å². The molecule has 0 bridgehead atoms. The zero-order chi connectivity index (χ0) is 22.0. The van der Waals surface area contributed by atoms with Crippen molar-refractivity contribution in [2.24, 2.45) is 0 Å². The molecule has 0 aliphatic carbocycles. The summed E-state index contributed by atoms with van der Waals surface area (Å²) in [6.07, 6.45) is 2.34.